The predicted molar refractivity (Wildman–Crippen MR) is 86.6 cm³/mol. The third-order valence-electron chi connectivity index (χ3n) is 3.17. The van der Waals surface area contributed by atoms with E-state index in [0.29, 0.717) is 5.02 Å². The van der Waals surface area contributed by atoms with Gasteiger partial charge in [0, 0.05) is 11.1 Å². The predicted octanol–water partition coefficient (Wildman–Crippen LogP) is 3.50. The van der Waals surface area contributed by atoms with Crippen molar-refractivity contribution in [3.8, 4) is 5.75 Å². The zero-order chi connectivity index (χ0) is 16.8. The molecule has 2 aromatic carbocycles. The van der Waals surface area contributed by atoms with E-state index in [1.54, 1.807) is 18.2 Å². The highest BCUT2D eigenvalue weighted by atomic mass is 35.5. The first-order chi connectivity index (χ1) is 11.0. The first-order valence-corrected chi connectivity index (χ1v) is 7.26. The topological polar surface area (TPSA) is 81.5 Å². The van der Waals surface area contributed by atoms with Crippen LogP contribution in [0.2, 0.25) is 5.02 Å². The molecule has 120 valence electrons. The fourth-order valence-corrected chi connectivity index (χ4v) is 2.12. The Balaban J connectivity index is 1.93. The number of amides is 1. The zero-order valence-corrected chi connectivity index (χ0v) is 13.1. The van der Waals surface area contributed by atoms with Gasteiger partial charge in [-0.2, -0.15) is 0 Å². The molecule has 0 fully saturated rings. The van der Waals surface area contributed by atoms with Gasteiger partial charge in [0.2, 0.25) is 0 Å². The minimum atomic E-state index is -0.552. The number of nitrogens with zero attached hydrogens (tertiary/aromatic N) is 1. The normalized spacial score (nSPS) is 11.6. The number of benzene rings is 2. The molecule has 0 bridgehead atoms. The second-order valence-corrected chi connectivity index (χ2v) is 5.29. The summed E-state index contributed by atoms with van der Waals surface area (Å²) in [6.45, 7) is 1.52. The summed E-state index contributed by atoms with van der Waals surface area (Å²) in [5.41, 5.74) is 0.722. The standard InChI is InChI=1S/C16H15ClN2O4/c1-11(12-6-8-13(17)9-7-12)18-16(20)10-23-15-5-3-2-4-14(15)19(21)22/h2-9,11H,10H2,1H3,(H,18,20)/t11-/m0/s1. The summed E-state index contributed by atoms with van der Waals surface area (Å²) in [6.07, 6.45) is 0. The number of para-hydroxylation sites is 2. The van der Waals surface area contributed by atoms with Crippen molar-refractivity contribution in [3.63, 3.8) is 0 Å². The van der Waals surface area contributed by atoms with Crippen LogP contribution in [-0.4, -0.2) is 17.4 Å². The minimum absolute atomic E-state index is 0.0618. The van der Waals surface area contributed by atoms with E-state index >= 15 is 0 Å². The Bertz CT molecular complexity index is 703. The molecule has 1 amide bonds. The highest BCUT2D eigenvalue weighted by Crippen LogP contribution is 2.25. The maximum atomic E-state index is 11.9. The van der Waals surface area contributed by atoms with Crippen LogP contribution in [0, 0.1) is 10.1 Å². The van der Waals surface area contributed by atoms with Crippen molar-refractivity contribution in [2.24, 2.45) is 0 Å². The van der Waals surface area contributed by atoms with E-state index in [1.807, 2.05) is 19.1 Å². The summed E-state index contributed by atoms with van der Waals surface area (Å²) in [4.78, 5) is 22.2. The van der Waals surface area contributed by atoms with E-state index in [1.165, 1.54) is 18.2 Å². The maximum absolute atomic E-state index is 11.9. The van der Waals surface area contributed by atoms with Gasteiger partial charge in [-0.05, 0) is 30.7 Å². The fraction of sp³-hybridized carbons (Fsp3) is 0.188. The Morgan fingerprint density at radius 1 is 1.26 bits per heavy atom. The largest absolute Gasteiger partial charge is 0.477 e. The average Bonchev–Trinajstić information content (AvgIpc) is 2.53. The number of nitro groups is 1. The molecule has 1 atom stereocenters. The Morgan fingerprint density at radius 3 is 2.57 bits per heavy atom. The molecule has 0 aromatic heterocycles. The summed E-state index contributed by atoms with van der Waals surface area (Å²) in [5, 5.41) is 14.2. The molecule has 2 rings (SSSR count). The van der Waals surface area contributed by atoms with Crippen molar-refractivity contribution in [1.29, 1.82) is 0 Å². The zero-order valence-electron chi connectivity index (χ0n) is 12.4. The minimum Gasteiger partial charge on any atom is -0.477 e. The van der Waals surface area contributed by atoms with Crippen LogP contribution in [0.1, 0.15) is 18.5 Å². The van der Waals surface area contributed by atoms with Crippen LogP contribution in [0.3, 0.4) is 0 Å². The van der Waals surface area contributed by atoms with Crippen LogP contribution < -0.4 is 10.1 Å². The molecule has 0 saturated heterocycles. The van der Waals surface area contributed by atoms with Gasteiger partial charge in [-0.3, -0.25) is 14.9 Å². The molecule has 0 unspecified atom stereocenters. The van der Waals surface area contributed by atoms with Gasteiger partial charge in [-0.1, -0.05) is 35.9 Å². The van der Waals surface area contributed by atoms with Crippen LogP contribution in [0.5, 0.6) is 5.75 Å². The first kappa shape index (κ1) is 16.8. The second-order valence-electron chi connectivity index (χ2n) is 4.85. The van der Waals surface area contributed by atoms with Gasteiger partial charge in [-0.25, -0.2) is 0 Å². The molecule has 0 aliphatic rings. The lowest BCUT2D eigenvalue weighted by atomic mass is 10.1. The van der Waals surface area contributed by atoms with E-state index in [-0.39, 0.29) is 30.0 Å². The van der Waals surface area contributed by atoms with Gasteiger partial charge in [0.1, 0.15) is 0 Å². The fourth-order valence-electron chi connectivity index (χ4n) is 1.99. The monoisotopic (exact) mass is 334 g/mol. The van der Waals surface area contributed by atoms with Gasteiger partial charge in [-0.15, -0.1) is 0 Å². The van der Waals surface area contributed by atoms with Gasteiger partial charge in [0.05, 0.1) is 11.0 Å². The van der Waals surface area contributed by atoms with Gasteiger partial charge < -0.3 is 10.1 Å². The number of carbonyl (C=O) groups is 1. The van der Waals surface area contributed by atoms with E-state index in [2.05, 4.69) is 5.32 Å². The van der Waals surface area contributed by atoms with Crippen molar-refractivity contribution in [3.05, 3.63) is 69.2 Å². The highest BCUT2D eigenvalue weighted by Gasteiger charge is 2.16. The van der Waals surface area contributed by atoms with Gasteiger partial charge in [0.15, 0.2) is 12.4 Å². The third kappa shape index (κ3) is 4.69. The van der Waals surface area contributed by atoms with Crippen molar-refractivity contribution < 1.29 is 14.5 Å². The number of ether oxygens (including phenoxy) is 1. The first-order valence-electron chi connectivity index (χ1n) is 6.88. The van der Waals surface area contributed by atoms with Crippen LogP contribution in [0.15, 0.2) is 48.5 Å². The molecular weight excluding hydrogens is 320 g/mol. The van der Waals surface area contributed by atoms with Crippen LogP contribution in [-0.2, 0) is 4.79 Å². The maximum Gasteiger partial charge on any atom is 0.310 e. The molecule has 0 aliphatic heterocycles. The number of nitrogens with one attached hydrogen (secondary N) is 1. The molecule has 0 aliphatic carbocycles. The number of hydrogen-bond acceptors (Lipinski definition) is 4. The second kappa shape index (κ2) is 7.60. The third-order valence-corrected chi connectivity index (χ3v) is 3.42. The Hall–Kier alpha value is -2.60. The summed E-state index contributed by atoms with van der Waals surface area (Å²) in [7, 11) is 0. The number of halogens is 1. The molecule has 0 saturated carbocycles. The average molecular weight is 335 g/mol. The van der Waals surface area contributed by atoms with E-state index in [4.69, 9.17) is 16.3 Å². The lowest BCUT2D eigenvalue weighted by molar-refractivity contribution is -0.385. The van der Waals surface area contributed by atoms with Crippen molar-refractivity contribution in [1.82, 2.24) is 5.32 Å². The number of nitro benzene ring substituents is 1. The molecule has 2 aromatic rings. The summed E-state index contributed by atoms with van der Waals surface area (Å²) in [6, 6.07) is 12.8. The number of carbonyl (C=O) groups excluding carboxylic acids is 1. The van der Waals surface area contributed by atoms with Gasteiger partial charge >= 0.3 is 5.69 Å². The smallest absolute Gasteiger partial charge is 0.310 e. The molecule has 6 nitrogen and oxygen atoms in total. The Kier molecular flexibility index (Phi) is 5.54. The molecule has 0 radical (unpaired) electrons. The summed E-state index contributed by atoms with van der Waals surface area (Å²) in [5.74, 6) is -0.308. The van der Waals surface area contributed by atoms with E-state index < -0.39 is 4.92 Å². The number of hydrogen-bond donors (Lipinski definition) is 1. The van der Waals surface area contributed by atoms with Crippen molar-refractivity contribution in [2.45, 2.75) is 13.0 Å². The number of rotatable bonds is 6. The molecule has 7 heteroatoms. The van der Waals surface area contributed by atoms with Crippen LogP contribution in [0.25, 0.3) is 0 Å². The lowest BCUT2D eigenvalue weighted by Crippen LogP contribution is -2.31. The van der Waals surface area contributed by atoms with E-state index in [0.717, 1.165) is 5.56 Å². The summed E-state index contributed by atoms with van der Waals surface area (Å²) < 4.78 is 5.24. The highest BCUT2D eigenvalue weighted by molar-refractivity contribution is 6.30. The molecule has 1 N–H and O–H groups in total. The van der Waals surface area contributed by atoms with Crippen molar-refractivity contribution in [2.75, 3.05) is 6.61 Å². The Morgan fingerprint density at radius 2 is 1.91 bits per heavy atom. The van der Waals surface area contributed by atoms with Crippen molar-refractivity contribution >= 4 is 23.2 Å². The van der Waals surface area contributed by atoms with Crippen LogP contribution in [0.4, 0.5) is 5.69 Å². The molecule has 0 heterocycles. The van der Waals surface area contributed by atoms with Crippen LogP contribution >= 0.6 is 11.6 Å². The van der Waals surface area contributed by atoms with Gasteiger partial charge in [0.25, 0.3) is 5.91 Å². The summed E-state index contributed by atoms with van der Waals surface area (Å²) >= 11 is 5.82. The Labute approximate surface area is 138 Å². The van der Waals surface area contributed by atoms with E-state index in [9.17, 15) is 14.9 Å². The molecule has 23 heavy (non-hydrogen) atoms. The SMILES string of the molecule is C[C@H](NC(=O)COc1ccccc1[N+](=O)[O-])c1ccc(Cl)cc1. The molecular formula is C16H15ClN2O4. The molecule has 0 spiro atoms. The lowest BCUT2D eigenvalue weighted by Gasteiger charge is -2.14. The quantitative estimate of drug-likeness (QED) is 0.647.